The van der Waals surface area contributed by atoms with Crippen LogP contribution in [0.3, 0.4) is 0 Å². The molecular formula is C14H24N4S. The second-order valence-electron chi connectivity index (χ2n) is 5.67. The van der Waals surface area contributed by atoms with Crippen molar-refractivity contribution in [1.29, 1.82) is 0 Å². The molecular weight excluding hydrogens is 256 g/mol. The van der Waals surface area contributed by atoms with Gasteiger partial charge in [0, 0.05) is 24.7 Å². The van der Waals surface area contributed by atoms with E-state index in [-0.39, 0.29) is 0 Å². The van der Waals surface area contributed by atoms with Crippen molar-refractivity contribution >= 4 is 22.4 Å². The number of nitrogen functional groups attached to an aromatic ring is 1. The van der Waals surface area contributed by atoms with Crippen molar-refractivity contribution < 1.29 is 0 Å². The predicted molar refractivity (Wildman–Crippen MR) is 82.0 cm³/mol. The van der Waals surface area contributed by atoms with E-state index in [0.717, 1.165) is 32.0 Å². The first-order chi connectivity index (χ1) is 9.24. The second-order valence-corrected chi connectivity index (χ2v) is 6.42. The third-order valence-electron chi connectivity index (χ3n) is 4.50. The van der Waals surface area contributed by atoms with Crippen LogP contribution in [0, 0.1) is 0 Å². The molecule has 2 aliphatic rings. The minimum absolute atomic E-state index is 0.696. The summed E-state index contributed by atoms with van der Waals surface area (Å²) in [5, 5.41) is 1.36. The highest BCUT2D eigenvalue weighted by Gasteiger charge is 2.35. The Morgan fingerprint density at radius 3 is 2.68 bits per heavy atom. The van der Waals surface area contributed by atoms with Crippen LogP contribution in [-0.2, 0) is 0 Å². The van der Waals surface area contributed by atoms with E-state index in [9.17, 15) is 0 Å². The van der Waals surface area contributed by atoms with Crippen LogP contribution >= 0.6 is 11.5 Å². The Hall–Kier alpha value is -0.810. The van der Waals surface area contributed by atoms with Crippen LogP contribution in [0.25, 0.3) is 0 Å². The summed E-state index contributed by atoms with van der Waals surface area (Å²) in [5.41, 5.74) is 7.41. The van der Waals surface area contributed by atoms with E-state index in [1.54, 1.807) is 11.5 Å². The van der Waals surface area contributed by atoms with Crippen molar-refractivity contribution in [3.05, 3.63) is 5.56 Å². The molecule has 1 unspecified atom stereocenters. The van der Waals surface area contributed by atoms with Crippen LogP contribution in [-0.4, -0.2) is 41.5 Å². The summed E-state index contributed by atoms with van der Waals surface area (Å²) in [4.78, 5) is 5.09. The van der Waals surface area contributed by atoms with E-state index < -0.39 is 0 Å². The summed E-state index contributed by atoms with van der Waals surface area (Å²) < 4.78 is 4.40. The molecule has 1 saturated heterocycles. The van der Waals surface area contributed by atoms with Crippen molar-refractivity contribution in [2.24, 2.45) is 0 Å². The maximum Gasteiger partial charge on any atom is 0.142 e. The van der Waals surface area contributed by atoms with Crippen molar-refractivity contribution in [1.82, 2.24) is 9.27 Å². The zero-order chi connectivity index (χ0) is 13.4. The highest BCUT2D eigenvalue weighted by Crippen LogP contribution is 2.49. The summed E-state index contributed by atoms with van der Waals surface area (Å²) in [6.07, 6.45) is 3.86. The highest BCUT2D eigenvalue weighted by molar-refractivity contribution is 7.10. The third-order valence-corrected chi connectivity index (χ3v) is 5.44. The minimum Gasteiger partial charge on any atom is -0.383 e. The molecule has 1 aliphatic heterocycles. The SMILES string of the molecule is CCN(CC)C1CCN(c2snc(N)c2C2CC2)C1. The second kappa shape index (κ2) is 5.29. The van der Waals surface area contributed by atoms with Gasteiger partial charge in [-0.1, -0.05) is 13.8 Å². The van der Waals surface area contributed by atoms with Gasteiger partial charge in [-0.05, 0) is 49.8 Å². The maximum absolute atomic E-state index is 6.06. The van der Waals surface area contributed by atoms with Gasteiger partial charge in [-0.25, -0.2) is 0 Å². The molecule has 1 saturated carbocycles. The minimum atomic E-state index is 0.696. The molecule has 1 aromatic rings. The van der Waals surface area contributed by atoms with Gasteiger partial charge in [0.2, 0.25) is 0 Å². The van der Waals surface area contributed by atoms with E-state index in [1.165, 1.54) is 29.8 Å². The largest absolute Gasteiger partial charge is 0.383 e. The Morgan fingerprint density at radius 2 is 2.05 bits per heavy atom. The van der Waals surface area contributed by atoms with Gasteiger partial charge < -0.3 is 10.6 Å². The summed E-state index contributed by atoms with van der Waals surface area (Å²) in [6, 6.07) is 0.699. The van der Waals surface area contributed by atoms with Gasteiger partial charge in [0.05, 0.1) is 0 Å². The Labute approximate surface area is 119 Å². The third kappa shape index (κ3) is 2.46. The molecule has 106 valence electrons. The highest BCUT2D eigenvalue weighted by atomic mass is 32.1. The first-order valence-electron chi connectivity index (χ1n) is 7.48. The zero-order valence-corrected chi connectivity index (χ0v) is 12.7. The van der Waals surface area contributed by atoms with Gasteiger partial charge in [-0.15, -0.1) is 0 Å². The van der Waals surface area contributed by atoms with E-state index in [0.29, 0.717) is 12.0 Å². The fourth-order valence-electron chi connectivity index (χ4n) is 3.25. The fraction of sp³-hybridized carbons (Fsp3) is 0.786. The lowest BCUT2D eigenvalue weighted by Gasteiger charge is -2.26. The van der Waals surface area contributed by atoms with Crippen LogP contribution < -0.4 is 10.6 Å². The topological polar surface area (TPSA) is 45.4 Å². The summed E-state index contributed by atoms with van der Waals surface area (Å²) >= 11 is 1.60. The number of nitrogens with two attached hydrogens (primary N) is 1. The average molecular weight is 280 g/mol. The van der Waals surface area contributed by atoms with Gasteiger partial charge in [0.25, 0.3) is 0 Å². The van der Waals surface area contributed by atoms with Crippen LogP contribution in [0.2, 0.25) is 0 Å². The molecule has 0 radical (unpaired) electrons. The molecule has 4 nitrogen and oxygen atoms in total. The molecule has 5 heteroatoms. The average Bonchev–Trinajstić information content (AvgIpc) is 3.00. The van der Waals surface area contributed by atoms with Gasteiger partial charge in [0.1, 0.15) is 10.8 Å². The number of hydrogen-bond donors (Lipinski definition) is 1. The Balaban J connectivity index is 1.74. The van der Waals surface area contributed by atoms with Crippen molar-refractivity contribution in [2.75, 3.05) is 36.8 Å². The van der Waals surface area contributed by atoms with Gasteiger partial charge in [0.15, 0.2) is 0 Å². The van der Waals surface area contributed by atoms with E-state index in [1.807, 2.05) is 0 Å². The lowest BCUT2D eigenvalue weighted by atomic mass is 10.2. The molecule has 19 heavy (non-hydrogen) atoms. The summed E-state index contributed by atoms with van der Waals surface area (Å²) in [5.74, 6) is 1.48. The quantitative estimate of drug-likeness (QED) is 0.900. The number of anilines is 2. The number of hydrogen-bond acceptors (Lipinski definition) is 5. The van der Waals surface area contributed by atoms with Gasteiger partial charge in [-0.2, -0.15) is 4.37 Å². The van der Waals surface area contributed by atoms with Crippen LogP contribution in [0.15, 0.2) is 0 Å². The lowest BCUT2D eigenvalue weighted by Crippen LogP contribution is -2.37. The molecule has 3 rings (SSSR count). The fourth-order valence-corrected chi connectivity index (χ4v) is 4.18. The van der Waals surface area contributed by atoms with E-state index in [4.69, 9.17) is 5.73 Å². The molecule has 1 atom stereocenters. The number of rotatable bonds is 5. The normalized spacial score (nSPS) is 23.5. The van der Waals surface area contributed by atoms with Gasteiger partial charge in [-0.3, -0.25) is 4.90 Å². The van der Waals surface area contributed by atoms with E-state index in [2.05, 4.69) is 28.0 Å². The van der Waals surface area contributed by atoms with Crippen LogP contribution in [0.5, 0.6) is 0 Å². The van der Waals surface area contributed by atoms with Crippen molar-refractivity contribution in [3.8, 4) is 0 Å². The Morgan fingerprint density at radius 1 is 1.32 bits per heavy atom. The van der Waals surface area contributed by atoms with Crippen molar-refractivity contribution in [3.63, 3.8) is 0 Å². The predicted octanol–water partition coefficient (Wildman–Crippen LogP) is 2.52. The molecule has 2 heterocycles. The molecule has 0 bridgehead atoms. The van der Waals surface area contributed by atoms with E-state index >= 15 is 0 Å². The van der Waals surface area contributed by atoms with Crippen LogP contribution in [0.1, 0.15) is 44.6 Å². The summed E-state index contributed by atoms with van der Waals surface area (Å²) in [7, 11) is 0. The molecule has 0 spiro atoms. The summed E-state index contributed by atoms with van der Waals surface area (Å²) in [6.45, 7) is 9.11. The number of nitrogens with zero attached hydrogens (tertiary/aromatic N) is 3. The smallest absolute Gasteiger partial charge is 0.142 e. The van der Waals surface area contributed by atoms with Crippen molar-refractivity contribution in [2.45, 2.75) is 45.1 Å². The van der Waals surface area contributed by atoms with Crippen LogP contribution in [0.4, 0.5) is 10.8 Å². The zero-order valence-electron chi connectivity index (χ0n) is 11.9. The first kappa shape index (κ1) is 13.2. The molecule has 0 amide bonds. The number of likely N-dealkylation sites (N-methyl/N-ethyl adjacent to an activating group) is 1. The lowest BCUT2D eigenvalue weighted by molar-refractivity contribution is 0.232. The van der Waals surface area contributed by atoms with Gasteiger partial charge >= 0.3 is 0 Å². The molecule has 1 aliphatic carbocycles. The molecule has 1 aromatic heterocycles. The molecule has 2 fully saturated rings. The molecule has 2 N–H and O–H groups in total. The maximum atomic E-state index is 6.06. The Bertz CT molecular complexity index is 437. The monoisotopic (exact) mass is 280 g/mol. The Kier molecular flexibility index (Phi) is 3.67. The molecule has 0 aromatic carbocycles. The standard InChI is InChI=1S/C14H24N4S/c1-3-17(4-2)11-7-8-18(9-11)14-12(10-5-6-10)13(15)16-19-14/h10-11H,3-9H2,1-2H3,(H2,15,16). The number of aromatic nitrogens is 1. The first-order valence-corrected chi connectivity index (χ1v) is 8.25.